The number of nitrogens with two attached hydrogens (primary N) is 2. The van der Waals surface area contributed by atoms with Crippen LogP contribution in [0, 0.1) is 0 Å². The average molecular weight is 267 g/mol. The second-order valence-corrected chi connectivity index (χ2v) is 5.84. The van der Waals surface area contributed by atoms with Crippen molar-refractivity contribution >= 4 is 23.5 Å². The standard InChI is InChI=1S/C12H21N5S/c1-17(3-4-18-2)11-7-10(15-12(14)16-11)8-5-9(13)6-8/h7-9H,3-6,13H2,1-2H3,(H2,14,15,16). The number of thioether (sulfide) groups is 1. The van der Waals surface area contributed by atoms with E-state index in [1.807, 2.05) is 24.9 Å². The minimum atomic E-state index is 0.323. The van der Waals surface area contributed by atoms with Gasteiger partial charge < -0.3 is 16.4 Å². The van der Waals surface area contributed by atoms with E-state index in [9.17, 15) is 0 Å². The molecule has 1 saturated carbocycles. The van der Waals surface area contributed by atoms with Crippen molar-refractivity contribution in [3.63, 3.8) is 0 Å². The quantitative estimate of drug-likeness (QED) is 0.830. The Morgan fingerprint density at radius 1 is 1.44 bits per heavy atom. The van der Waals surface area contributed by atoms with Crippen molar-refractivity contribution < 1.29 is 0 Å². The Morgan fingerprint density at radius 3 is 2.78 bits per heavy atom. The van der Waals surface area contributed by atoms with Crippen LogP contribution in [0.1, 0.15) is 24.5 Å². The van der Waals surface area contributed by atoms with Crippen LogP contribution in [0.25, 0.3) is 0 Å². The molecule has 4 N–H and O–H groups in total. The Bertz CT molecular complexity index is 405. The highest BCUT2D eigenvalue weighted by atomic mass is 32.2. The topological polar surface area (TPSA) is 81.1 Å². The molecule has 0 bridgehead atoms. The van der Waals surface area contributed by atoms with Gasteiger partial charge in [0.15, 0.2) is 0 Å². The lowest BCUT2D eigenvalue weighted by molar-refractivity contribution is 0.345. The van der Waals surface area contributed by atoms with Crippen LogP contribution in [0.5, 0.6) is 0 Å². The van der Waals surface area contributed by atoms with Gasteiger partial charge in [-0.1, -0.05) is 0 Å². The predicted molar refractivity (Wildman–Crippen MR) is 78.0 cm³/mol. The molecular weight excluding hydrogens is 246 g/mol. The van der Waals surface area contributed by atoms with Gasteiger partial charge in [0.05, 0.1) is 5.69 Å². The molecular formula is C12H21N5S. The van der Waals surface area contributed by atoms with Crippen LogP contribution in [-0.2, 0) is 0 Å². The summed E-state index contributed by atoms with van der Waals surface area (Å²) in [5, 5.41) is 0. The van der Waals surface area contributed by atoms with Crippen molar-refractivity contribution in [2.24, 2.45) is 5.73 Å². The molecule has 1 aromatic rings. The summed E-state index contributed by atoms with van der Waals surface area (Å²) in [5.41, 5.74) is 12.6. The number of aromatic nitrogens is 2. The first kappa shape index (κ1) is 13.4. The molecule has 0 saturated heterocycles. The van der Waals surface area contributed by atoms with Crippen LogP contribution in [0.2, 0.25) is 0 Å². The molecule has 0 aliphatic heterocycles. The molecule has 5 nitrogen and oxygen atoms in total. The fraction of sp³-hybridized carbons (Fsp3) is 0.667. The summed E-state index contributed by atoms with van der Waals surface area (Å²) in [5.74, 6) is 2.80. The molecule has 18 heavy (non-hydrogen) atoms. The largest absolute Gasteiger partial charge is 0.368 e. The van der Waals surface area contributed by atoms with Gasteiger partial charge >= 0.3 is 0 Å². The first-order valence-electron chi connectivity index (χ1n) is 6.20. The maximum Gasteiger partial charge on any atom is 0.222 e. The van der Waals surface area contributed by atoms with Crippen molar-refractivity contribution in [3.05, 3.63) is 11.8 Å². The van der Waals surface area contributed by atoms with Crippen LogP contribution < -0.4 is 16.4 Å². The Hall–Kier alpha value is -1.01. The van der Waals surface area contributed by atoms with Gasteiger partial charge in [-0.15, -0.1) is 0 Å². The first-order chi connectivity index (χ1) is 8.60. The van der Waals surface area contributed by atoms with Gasteiger partial charge in [-0.25, -0.2) is 4.98 Å². The van der Waals surface area contributed by atoms with E-state index >= 15 is 0 Å². The second kappa shape index (κ2) is 5.75. The minimum Gasteiger partial charge on any atom is -0.368 e. The van der Waals surface area contributed by atoms with E-state index in [0.717, 1.165) is 36.7 Å². The molecule has 0 aromatic carbocycles. The third-order valence-electron chi connectivity index (χ3n) is 3.36. The number of anilines is 2. The normalized spacial score (nSPS) is 22.6. The summed E-state index contributed by atoms with van der Waals surface area (Å²) in [4.78, 5) is 10.8. The third-order valence-corrected chi connectivity index (χ3v) is 3.96. The first-order valence-corrected chi connectivity index (χ1v) is 7.59. The van der Waals surface area contributed by atoms with E-state index in [1.54, 1.807) is 0 Å². The van der Waals surface area contributed by atoms with E-state index in [1.165, 1.54) is 0 Å². The Kier molecular flexibility index (Phi) is 4.29. The molecule has 1 fully saturated rings. The molecule has 1 aliphatic rings. The zero-order valence-electron chi connectivity index (χ0n) is 11.0. The molecule has 100 valence electrons. The zero-order valence-corrected chi connectivity index (χ0v) is 11.8. The molecule has 6 heteroatoms. The molecule has 0 spiro atoms. The van der Waals surface area contributed by atoms with Gasteiger partial charge in [-0.05, 0) is 19.1 Å². The summed E-state index contributed by atoms with van der Waals surface area (Å²) in [6.45, 7) is 0.960. The lowest BCUT2D eigenvalue weighted by atomic mass is 9.78. The van der Waals surface area contributed by atoms with E-state index in [2.05, 4.69) is 21.1 Å². The molecule has 1 aliphatic carbocycles. The summed E-state index contributed by atoms with van der Waals surface area (Å²) >= 11 is 1.82. The van der Waals surface area contributed by atoms with Gasteiger partial charge in [-0.2, -0.15) is 16.7 Å². The van der Waals surface area contributed by atoms with E-state index in [0.29, 0.717) is 17.9 Å². The lowest BCUT2D eigenvalue weighted by Crippen LogP contribution is -2.35. The summed E-state index contributed by atoms with van der Waals surface area (Å²) in [6, 6.07) is 2.37. The fourth-order valence-corrected chi connectivity index (χ4v) is 2.58. The molecule has 2 rings (SSSR count). The molecule has 0 unspecified atom stereocenters. The van der Waals surface area contributed by atoms with Gasteiger partial charge in [0, 0.05) is 37.4 Å². The molecule has 0 radical (unpaired) electrons. The Morgan fingerprint density at radius 2 is 2.17 bits per heavy atom. The maximum absolute atomic E-state index is 5.82. The van der Waals surface area contributed by atoms with Crippen molar-refractivity contribution in [3.8, 4) is 0 Å². The highest BCUT2D eigenvalue weighted by molar-refractivity contribution is 7.98. The van der Waals surface area contributed by atoms with Gasteiger partial charge in [0.2, 0.25) is 5.95 Å². The summed E-state index contributed by atoms with van der Waals surface area (Å²) < 4.78 is 0. The van der Waals surface area contributed by atoms with Gasteiger partial charge in [0.25, 0.3) is 0 Å². The number of nitrogen functional groups attached to an aromatic ring is 1. The SMILES string of the molecule is CSCCN(C)c1cc(C2CC(N)C2)nc(N)n1. The van der Waals surface area contributed by atoms with Crippen LogP contribution in [0.15, 0.2) is 6.07 Å². The molecule has 0 amide bonds. The molecule has 1 heterocycles. The number of hydrogen-bond acceptors (Lipinski definition) is 6. The molecule has 1 aromatic heterocycles. The van der Waals surface area contributed by atoms with Crippen molar-refractivity contribution in [1.29, 1.82) is 0 Å². The number of rotatable bonds is 5. The summed E-state index contributed by atoms with van der Waals surface area (Å²) in [6.07, 6.45) is 4.11. The molecule has 0 atom stereocenters. The average Bonchev–Trinajstić information content (AvgIpc) is 2.31. The monoisotopic (exact) mass is 267 g/mol. The van der Waals surface area contributed by atoms with Crippen molar-refractivity contribution in [2.45, 2.75) is 24.8 Å². The highest BCUT2D eigenvalue weighted by Crippen LogP contribution is 2.35. The maximum atomic E-state index is 5.82. The van der Waals surface area contributed by atoms with E-state index < -0.39 is 0 Å². The van der Waals surface area contributed by atoms with Gasteiger partial charge in [0.1, 0.15) is 5.82 Å². The number of hydrogen-bond donors (Lipinski definition) is 2. The Labute approximate surface area is 112 Å². The van der Waals surface area contributed by atoms with Crippen LogP contribution >= 0.6 is 11.8 Å². The van der Waals surface area contributed by atoms with Crippen molar-refractivity contribution in [1.82, 2.24) is 9.97 Å². The minimum absolute atomic E-state index is 0.323. The smallest absolute Gasteiger partial charge is 0.222 e. The van der Waals surface area contributed by atoms with Crippen LogP contribution in [0.4, 0.5) is 11.8 Å². The van der Waals surface area contributed by atoms with E-state index in [-0.39, 0.29) is 0 Å². The zero-order chi connectivity index (χ0) is 13.1. The third kappa shape index (κ3) is 3.05. The Balaban J connectivity index is 2.10. The summed E-state index contributed by atoms with van der Waals surface area (Å²) in [7, 11) is 2.04. The van der Waals surface area contributed by atoms with E-state index in [4.69, 9.17) is 11.5 Å². The lowest BCUT2D eigenvalue weighted by Gasteiger charge is -2.32. The van der Waals surface area contributed by atoms with Crippen molar-refractivity contribution in [2.75, 3.05) is 36.2 Å². The van der Waals surface area contributed by atoms with Gasteiger partial charge in [-0.3, -0.25) is 0 Å². The fourth-order valence-electron chi connectivity index (χ4n) is 2.12. The van der Waals surface area contributed by atoms with Crippen LogP contribution in [0.3, 0.4) is 0 Å². The second-order valence-electron chi connectivity index (χ2n) is 4.85. The predicted octanol–water partition coefficient (Wildman–Crippen LogP) is 1.06. The number of nitrogens with zero attached hydrogens (tertiary/aromatic N) is 3. The van der Waals surface area contributed by atoms with Crippen LogP contribution in [-0.4, -0.2) is 41.6 Å². The highest BCUT2D eigenvalue weighted by Gasteiger charge is 2.29.